The highest BCUT2D eigenvalue weighted by Gasteiger charge is 2.15. The van der Waals surface area contributed by atoms with E-state index in [9.17, 15) is 14.9 Å². The molecule has 9 heteroatoms. The molecule has 1 N–H and O–H groups in total. The van der Waals surface area contributed by atoms with Gasteiger partial charge in [0.15, 0.2) is 11.5 Å². The van der Waals surface area contributed by atoms with Gasteiger partial charge < -0.3 is 9.47 Å². The predicted molar refractivity (Wildman–Crippen MR) is 114 cm³/mol. The van der Waals surface area contributed by atoms with Crippen LogP contribution in [0.4, 0.5) is 5.69 Å². The molecule has 1 amide bonds. The maximum Gasteiger partial charge on any atom is 0.273 e. The number of hydrazone groups is 1. The van der Waals surface area contributed by atoms with Crippen molar-refractivity contribution in [2.45, 2.75) is 26.4 Å². The third-order valence-corrected chi connectivity index (χ3v) is 4.35. The van der Waals surface area contributed by atoms with Crippen molar-refractivity contribution in [3.63, 3.8) is 0 Å². The summed E-state index contributed by atoms with van der Waals surface area (Å²) in [5, 5.41) is 14.9. The van der Waals surface area contributed by atoms with Crippen LogP contribution in [0.1, 0.15) is 25.0 Å². The lowest BCUT2D eigenvalue weighted by molar-refractivity contribution is -0.385. The van der Waals surface area contributed by atoms with Gasteiger partial charge in [0.25, 0.3) is 5.69 Å². The molecule has 0 aliphatic carbocycles. The van der Waals surface area contributed by atoms with E-state index in [0.29, 0.717) is 22.6 Å². The molecule has 28 heavy (non-hydrogen) atoms. The Morgan fingerprint density at radius 3 is 2.71 bits per heavy atom. The van der Waals surface area contributed by atoms with E-state index in [1.165, 1.54) is 12.3 Å². The molecule has 148 valence electrons. The van der Waals surface area contributed by atoms with Crippen LogP contribution in [0.25, 0.3) is 0 Å². The van der Waals surface area contributed by atoms with Gasteiger partial charge >= 0.3 is 0 Å². The fourth-order valence-electron chi connectivity index (χ4n) is 2.39. The van der Waals surface area contributed by atoms with Crippen LogP contribution >= 0.6 is 22.6 Å². The molecule has 0 unspecified atom stereocenters. The van der Waals surface area contributed by atoms with E-state index in [0.717, 1.165) is 3.57 Å². The van der Waals surface area contributed by atoms with Crippen molar-refractivity contribution in [3.05, 3.63) is 61.2 Å². The van der Waals surface area contributed by atoms with Crippen LogP contribution < -0.4 is 14.9 Å². The van der Waals surface area contributed by atoms with Gasteiger partial charge in [0.1, 0.15) is 0 Å². The number of amides is 1. The first-order valence-corrected chi connectivity index (χ1v) is 9.48. The number of rotatable bonds is 8. The van der Waals surface area contributed by atoms with E-state index in [2.05, 4.69) is 33.1 Å². The molecule has 2 aromatic rings. The van der Waals surface area contributed by atoms with Gasteiger partial charge in [-0.3, -0.25) is 14.9 Å². The van der Waals surface area contributed by atoms with Crippen LogP contribution in [0.2, 0.25) is 0 Å². The molecule has 0 saturated heterocycles. The average molecular weight is 497 g/mol. The minimum Gasteiger partial charge on any atom is -0.493 e. The van der Waals surface area contributed by atoms with Gasteiger partial charge in [-0.2, -0.15) is 5.10 Å². The Bertz CT molecular complexity index is 899. The number of nitro benzene ring substituents is 1. The van der Waals surface area contributed by atoms with Crippen LogP contribution in [-0.2, 0) is 11.2 Å². The number of carbonyl (C=O) groups excluding carboxylic acids is 1. The summed E-state index contributed by atoms with van der Waals surface area (Å²) < 4.78 is 12.0. The fourth-order valence-corrected chi connectivity index (χ4v) is 3.15. The minimum absolute atomic E-state index is 0.00302. The molecule has 0 aliphatic heterocycles. The van der Waals surface area contributed by atoms with Crippen LogP contribution in [-0.4, -0.2) is 30.3 Å². The lowest BCUT2D eigenvalue weighted by Gasteiger charge is -2.15. The van der Waals surface area contributed by atoms with E-state index in [1.807, 2.05) is 19.9 Å². The topological polar surface area (TPSA) is 103 Å². The summed E-state index contributed by atoms with van der Waals surface area (Å²) in [5.74, 6) is 0.760. The Hall–Kier alpha value is -2.69. The van der Waals surface area contributed by atoms with E-state index in [-0.39, 0.29) is 18.2 Å². The molecule has 0 bridgehead atoms. The fraction of sp³-hybridized carbons (Fsp3) is 0.263. The second-order valence-corrected chi connectivity index (χ2v) is 7.22. The molecular weight excluding hydrogens is 477 g/mol. The Labute approximate surface area is 176 Å². The van der Waals surface area contributed by atoms with Crippen LogP contribution in [0.15, 0.2) is 41.5 Å². The number of methoxy groups -OCH3 is 1. The zero-order chi connectivity index (χ0) is 20.7. The number of ether oxygens (including phenoxy) is 2. The Morgan fingerprint density at radius 1 is 1.36 bits per heavy atom. The number of nitro groups is 1. The zero-order valence-corrected chi connectivity index (χ0v) is 17.8. The van der Waals surface area contributed by atoms with Crippen molar-refractivity contribution >= 4 is 40.4 Å². The first-order chi connectivity index (χ1) is 13.3. The monoisotopic (exact) mass is 497 g/mol. The Balaban J connectivity index is 2.07. The number of benzene rings is 2. The van der Waals surface area contributed by atoms with Gasteiger partial charge in [-0.25, -0.2) is 5.43 Å². The predicted octanol–water partition coefficient (Wildman–Crippen LogP) is 3.69. The van der Waals surface area contributed by atoms with Crippen LogP contribution in [0.5, 0.6) is 11.5 Å². The molecule has 2 rings (SSSR count). The number of nitrogens with one attached hydrogen (secondary N) is 1. The van der Waals surface area contributed by atoms with Crippen molar-refractivity contribution in [2.24, 2.45) is 5.10 Å². The van der Waals surface area contributed by atoms with Crippen molar-refractivity contribution in [1.82, 2.24) is 5.43 Å². The second kappa shape index (κ2) is 10.0. The van der Waals surface area contributed by atoms with Crippen LogP contribution in [0, 0.1) is 13.7 Å². The Kier molecular flexibility index (Phi) is 7.73. The Morgan fingerprint density at radius 2 is 2.07 bits per heavy atom. The van der Waals surface area contributed by atoms with Crippen LogP contribution in [0.3, 0.4) is 0 Å². The maximum absolute atomic E-state index is 12.0. The lowest BCUT2D eigenvalue weighted by atomic mass is 10.1. The highest BCUT2D eigenvalue weighted by Crippen LogP contribution is 2.34. The average Bonchev–Trinajstić information content (AvgIpc) is 2.63. The summed E-state index contributed by atoms with van der Waals surface area (Å²) in [7, 11) is 1.55. The molecule has 0 radical (unpaired) electrons. The minimum atomic E-state index is -0.513. The number of carbonyl (C=O) groups is 1. The first kappa shape index (κ1) is 21.6. The number of hydrogen-bond donors (Lipinski definition) is 1. The summed E-state index contributed by atoms with van der Waals surface area (Å²) in [6, 6.07) is 9.70. The second-order valence-electron chi connectivity index (χ2n) is 6.06. The number of halogens is 1. The first-order valence-electron chi connectivity index (χ1n) is 8.40. The largest absolute Gasteiger partial charge is 0.493 e. The summed E-state index contributed by atoms with van der Waals surface area (Å²) in [4.78, 5) is 22.5. The number of hydrogen-bond acceptors (Lipinski definition) is 6. The summed E-state index contributed by atoms with van der Waals surface area (Å²) in [6.07, 6.45) is 1.33. The molecular formula is C19H20IN3O5. The molecule has 8 nitrogen and oxygen atoms in total. The number of nitrogens with zero attached hydrogens (tertiary/aromatic N) is 2. The van der Waals surface area contributed by atoms with Crippen molar-refractivity contribution in [3.8, 4) is 11.5 Å². The van der Waals surface area contributed by atoms with E-state index < -0.39 is 10.8 Å². The lowest BCUT2D eigenvalue weighted by Crippen LogP contribution is -2.20. The third kappa shape index (κ3) is 5.91. The van der Waals surface area contributed by atoms with Gasteiger partial charge in [-0.15, -0.1) is 0 Å². The normalized spacial score (nSPS) is 10.9. The smallest absolute Gasteiger partial charge is 0.273 e. The third-order valence-electron chi connectivity index (χ3n) is 3.55. The summed E-state index contributed by atoms with van der Waals surface area (Å²) in [6.45, 7) is 3.86. The van der Waals surface area contributed by atoms with Crippen molar-refractivity contribution in [1.29, 1.82) is 0 Å². The molecule has 0 aliphatic rings. The molecule has 0 fully saturated rings. The highest BCUT2D eigenvalue weighted by molar-refractivity contribution is 14.1. The molecule has 0 aromatic heterocycles. The van der Waals surface area contributed by atoms with E-state index >= 15 is 0 Å². The van der Waals surface area contributed by atoms with Gasteiger partial charge in [-0.05, 0) is 54.1 Å². The molecule has 0 atom stereocenters. The summed E-state index contributed by atoms with van der Waals surface area (Å²) in [5.41, 5.74) is 3.32. The maximum atomic E-state index is 12.0. The molecule has 0 saturated carbocycles. The zero-order valence-electron chi connectivity index (χ0n) is 15.6. The molecule has 0 spiro atoms. The van der Waals surface area contributed by atoms with Gasteiger partial charge in [-0.1, -0.05) is 18.2 Å². The summed E-state index contributed by atoms with van der Waals surface area (Å²) >= 11 is 2.14. The van der Waals surface area contributed by atoms with E-state index in [4.69, 9.17) is 9.47 Å². The van der Waals surface area contributed by atoms with Crippen molar-refractivity contribution in [2.75, 3.05) is 7.11 Å². The van der Waals surface area contributed by atoms with Gasteiger partial charge in [0.2, 0.25) is 5.91 Å². The molecule has 0 heterocycles. The molecule has 2 aromatic carbocycles. The standard InChI is InChI=1S/C19H20IN3O5/c1-12(2)28-19-15(20)8-13(9-17(19)27-3)11-21-22-18(24)10-14-6-4-5-7-16(14)23(25)26/h4-9,11-12H,10H2,1-3H3,(H,22,24). The highest BCUT2D eigenvalue weighted by atomic mass is 127. The van der Waals surface area contributed by atoms with E-state index in [1.54, 1.807) is 31.4 Å². The quantitative estimate of drug-likeness (QED) is 0.260. The van der Waals surface area contributed by atoms with Gasteiger partial charge in [0.05, 0.1) is 34.3 Å². The number of para-hydroxylation sites is 1. The van der Waals surface area contributed by atoms with Gasteiger partial charge in [0, 0.05) is 11.6 Å². The van der Waals surface area contributed by atoms with Crippen molar-refractivity contribution < 1.29 is 19.2 Å². The SMILES string of the molecule is COc1cc(C=NNC(=O)Cc2ccccc2[N+](=O)[O-])cc(I)c1OC(C)C.